The Labute approximate surface area is 175 Å². The number of carbonyl (C=O) groups is 1. The monoisotopic (exact) mass is 416 g/mol. The summed E-state index contributed by atoms with van der Waals surface area (Å²) in [5, 5.41) is 4.31. The third kappa shape index (κ3) is 4.32. The fourth-order valence-corrected chi connectivity index (χ4v) is 5.37. The van der Waals surface area contributed by atoms with Gasteiger partial charge in [0.15, 0.2) is 0 Å². The number of carbonyl (C=O) groups excluding carboxylic acids is 1. The standard InChI is InChI=1S/C22H25ClN2O2S/c1-15(20-7-2-3-12-24-20)25-21(26)14-28-22(25)16-5-4-6-19(13-16)27-18-10-8-17(23)9-11-18/h4-6,8-11,13,15,20,22,24H,2-3,7,12,14H2,1H3. The van der Waals surface area contributed by atoms with Crippen LogP contribution in [0.5, 0.6) is 11.5 Å². The largest absolute Gasteiger partial charge is 0.457 e. The number of benzene rings is 2. The number of ether oxygens (including phenoxy) is 1. The van der Waals surface area contributed by atoms with Crippen LogP contribution in [-0.4, -0.2) is 35.2 Å². The molecule has 2 aromatic carbocycles. The second-order valence-electron chi connectivity index (χ2n) is 7.39. The number of amides is 1. The zero-order valence-electron chi connectivity index (χ0n) is 15.9. The topological polar surface area (TPSA) is 41.6 Å². The summed E-state index contributed by atoms with van der Waals surface area (Å²) in [7, 11) is 0. The van der Waals surface area contributed by atoms with Crippen LogP contribution < -0.4 is 10.1 Å². The Hall–Kier alpha value is -1.69. The highest BCUT2D eigenvalue weighted by Gasteiger charge is 2.39. The molecule has 2 fully saturated rings. The summed E-state index contributed by atoms with van der Waals surface area (Å²) >= 11 is 7.65. The molecule has 2 aliphatic heterocycles. The molecule has 28 heavy (non-hydrogen) atoms. The maximum absolute atomic E-state index is 12.7. The van der Waals surface area contributed by atoms with Gasteiger partial charge in [0.2, 0.25) is 5.91 Å². The van der Waals surface area contributed by atoms with Crippen LogP contribution in [0, 0.1) is 0 Å². The summed E-state index contributed by atoms with van der Waals surface area (Å²) < 4.78 is 5.99. The van der Waals surface area contributed by atoms with E-state index >= 15 is 0 Å². The fraction of sp³-hybridized carbons (Fsp3) is 0.409. The van der Waals surface area contributed by atoms with Crippen LogP contribution in [-0.2, 0) is 4.79 Å². The smallest absolute Gasteiger partial charge is 0.234 e. The average Bonchev–Trinajstić information content (AvgIpc) is 3.11. The molecule has 1 N–H and O–H groups in total. The van der Waals surface area contributed by atoms with E-state index in [0.717, 1.165) is 30.0 Å². The first-order valence-corrected chi connectivity index (χ1v) is 11.2. The van der Waals surface area contributed by atoms with E-state index in [-0.39, 0.29) is 17.3 Å². The van der Waals surface area contributed by atoms with Crippen LogP contribution in [0.15, 0.2) is 48.5 Å². The Morgan fingerprint density at radius 2 is 2.00 bits per heavy atom. The van der Waals surface area contributed by atoms with E-state index in [0.29, 0.717) is 16.8 Å². The first-order chi connectivity index (χ1) is 13.6. The molecular weight excluding hydrogens is 392 g/mol. The molecule has 2 saturated heterocycles. The van der Waals surface area contributed by atoms with E-state index in [2.05, 4.69) is 23.2 Å². The summed E-state index contributed by atoms with van der Waals surface area (Å²) in [5.41, 5.74) is 1.10. The van der Waals surface area contributed by atoms with Crippen LogP contribution in [0.2, 0.25) is 5.02 Å². The van der Waals surface area contributed by atoms with E-state index in [1.165, 1.54) is 12.8 Å². The molecule has 6 heteroatoms. The first-order valence-electron chi connectivity index (χ1n) is 9.81. The summed E-state index contributed by atoms with van der Waals surface area (Å²) in [6, 6.07) is 15.9. The highest BCUT2D eigenvalue weighted by atomic mass is 35.5. The normalized spacial score (nSPS) is 23.6. The lowest BCUT2D eigenvalue weighted by Crippen LogP contribution is -2.51. The van der Waals surface area contributed by atoms with Gasteiger partial charge in [0, 0.05) is 17.1 Å². The minimum absolute atomic E-state index is 0.0278. The third-order valence-electron chi connectivity index (χ3n) is 5.47. The number of hydrogen-bond acceptors (Lipinski definition) is 4. The van der Waals surface area contributed by atoms with Crippen molar-refractivity contribution < 1.29 is 9.53 Å². The van der Waals surface area contributed by atoms with Crippen LogP contribution in [0.25, 0.3) is 0 Å². The van der Waals surface area contributed by atoms with E-state index in [1.807, 2.05) is 42.5 Å². The SMILES string of the molecule is CC(C1CCCCN1)N1C(=O)CSC1c1cccc(Oc2ccc(Cl)cc2)c1. The molecule has 2 aromatic rings. The summed E-state index contributed by atoms with van der Waals surface area (Å²) in [4.78, 5) is 14.7. The summed E-state index contributed by atoms with van der Waals surface area (Å²) in [6.45, 7) is 3.22. The van der Waals surface area contributed by atoms with E-state index in [4.69, 9.17) is 16.3 Å². The first kappa shape index (κ1) is 19.6. The van der Waals surface area contributed by atoms with Crippen molar-refractivity contribution in [1.29, 1.82) is 0 Å². The van der Waals surface area contributed by atoms with Gasteiger partial charge in [-0.05, 0) is 68.3 Å². The molecule has 0 bridgehead atoms. The molecule has 148 valence electrons. The molecule has 2 aliphatic rings. The molecule has 0 radical (unpaired) electrons. The van der Waals surface area contributed by atoms with Crippen LogP contribution in [0.3, 0.4) is 0 Å². The molecule has 3 atom stereocenters. The number of hydrogen-bond donors (Lipinski definition) is 1. The van der Waals surface area contributed by atoms with Crippen LogP contribution in [0.4, 0.5) is 0 Å². The molecule has 1 amide bonds. The van der Waals surface area contributed by atoms with Crippen LogP contribution >= 0.6 is 23.4 Å². The summed E-state index contributed by atoms with van der Waals surface area (Å²) in [5.74, 6) is 2.26. The third-order valence-corrected chi connectivity index (χ3v) is 6.95. The lowest BCUT2D eigenvalue weighted by atomic mass is 9.97. The maximum Gasteiger partial charge on any atom is 0.234 e. The van der Waals surface area contributed by atoms with Gasteiger partial charge in [0.05, 0.1) is 5.75 Å². The Balaban J connectivity index is 1.53. The van der Waals surface area contributed by atoms with Crippen LogP contribution in [0.1, 0.15) is 37.1 Å². The second-order valence-corrected chi connectivity index (χ2v) is 8.89. The van der Waals surface area contributed by atoms with Gasteiger partial charge in [-0.15, -0.1) is 11.8 Å². The van der Waals surface area contributed by atoms with Gasteiger partial charge >= 0.3 is 0 Å². The number of thioether (sulfide) groups is 1. The average molecular weight is 417 g/mol. The van der Waals surface area contributed by atoms with Gasteiger partial charge in [-0.2, -0.15) is 0 Å². The summed E-state index contributed by atoms with van der Waals surface area (Å²) in [6.07, 6.45) is 3.58. The van der Waals surface area contributed by atoms with Crippen molar-refractivity contribution in [3.05, 3.63) is 59.1 Å². The van der Waals surface area contributed by atoms with E-state index in [1.54, 1.807) is 11.8 Å². The predicted octanol–water partition coefficient (Wildman–Crippen LogP) is 5.24. The van der Waals surface area contributed by atoms with E-state index < -0.39 is 0 Å². The zero-order valence-corrected chi connectivity index (χ0v) is 17.5. The fourth-order valence-electron chi connectivity index (χ4n) is 3.99. The Bertz CT molecular complexity index is 824. The van der Waals surface area contributed by atoms with Crippen molar-refractivity contribution in [2.75, 3.05) is 12.3 Å². The van der Waals surface area contributed by atoms with Gasteiger partial charge in [-0.1, -0.05) is 30.2 Å². The highest BCUT2D eigenvalue weighted by molar-refractivity contribution is 8.00. The molecule has 4 nitrogen and oxygen atoms in total. The lowest BCUT2D eigenvalue weighted by Gasteiger charge is -2.38. The van der Waals surface area contributed by atoms with Gasteiger partial charge in [0.25, 0.3) is 0 Å². The lowest BCUT2D eigenvalue weighted by molar-refractivity contribution is -0.130. The second kappa shape index (κ2) is 8.76. The number of halogens is 1. The number of piperidine rings is 1. The van der Waals surface area contributed by atoms with Crippen molar-refractivity contribution in [3.8, 4) is 11.5 Å². The van der Waals surface area contributed by atoms with Gasteiger partial charge in [-0.3, -0.25) is 4.79 Å². The minimum Gasteiger partial charge on any atom is -0.457 e. The van der Waals surface area contributed by atoms with Crippen molar-refractivity contribution in [3.63, 3.8) is 0 Å². The van der Waals surface area contributed by atoms with Crippen molar-refractivity contribution in [1.82, 2.24) is 10.2 Å². The molecule has 4 rings (SSSR count). The Morgan fingerprint density at radius 3 is 2.75 bits per heavy atom. The van der Waals surface area contributed by atoms with Crippen molar-refractivity contribution in [2.45, 2.75) is 43.6 Å². The van der Waals surface area contributed by atoms with Gasteiger partial charge < -0.3 is 15.0 Å². The zero-order chi connectivity index (χ0) is 19.5. The molecule has 3 unspecified atom stereocenters. The quantitative estimate of drug-likeness (QED) is 0.723. The highest BCUT2D eigenvalue weighted by Crippen LogP contribution is 2.42. The maximum atomic E-state index is 12.7. The Kier molecular flexibility index (Phi) is 6.14. The molecule has 0 aromatic heterocycles. The minimum atomic E-state index is 0.0278. The van der Waals surface area contributed by atoms with Gasteiger partial charge in [-0.25, -0.2) is 0 Å². The molecule has 0 aliphatic carbocycles. The predicted molar refractivity (Wildman–Crippen MR) is 115 cm³/mol. The number of rotatable bonds is 5. The van der Waals surface area contributed by atoms with Crippen molar-refractivity contribution in [2.24, 2.45) is 0 Å². The number of nitrogens with one attached hydrogen (secondary N) is 1. The molecule has 2 heterocycles. The molecular formula is C22H25ClN2O2S. The van der Waals surface area contributed by atoms with E-state index in [9.17, 15) is 4.79 Å². The Morgan fingerprint density at radius 1 is 1.18 bits per heavy atom. The van der Waals surface area contributed by atoms with Gasteiger partial charge in [0.1, 0.15) is 16.9 Å². The number of nitrogens with zero attached hydrogens (tertiary/aromatic N) is 1. The molecule has 0 saturated carbocycles. The molecule has 0 spiro atoms. The van der Waals surface area contributed by atoms with Crippen molar-refractivity contribution >= 4 is 29.3 Å².